The summed E-state index contributed by atoms with van der Waals surface area (Å²) < 4.78 is 0. The lowest BCUT2D eigenvalue weighted by Gasteiger charge is -2.03. The molecule has 0 aliphatic heterocycles. The van der Waals surface area contributed by atoms with E-state index in [1.54, 1.807) is 0 Å². The van der Waals surface area contributed by atoms with Crippen LogP contribution in [0.1, 0.15) is 122 Å². The standard InChI is InChI=1S/C22H41O/c1-2-3-4-5-6-7-8-9-10-11-12-13-14-15-16-17-18-19-20-21-22-23/h19-20H,2-18,21H2,1H3/b20-19+. The molecule has 0 saturated heterocycles. The van der Waals surface area contributed by atoms with E-state index in [9.17, 15) is 4.79 Å². The Labute approximate surface area is 146 Å². The Morgan fingerprint density at radius 3 is 1.35 bits per heavy atom. The van der Waals surface area contributed by atoms with Gasteiger partial charge in [-0.05, 0) is 12.8 Å². The van der Waals surface area contributed by atoms with Crippen molar-refractivity contribution in [2.24, 2.45) is 0 Å². The van der Waals surface area contributed by atoms with E-state index < -0.39 is 0 Å². The van der Waals surface area contributed by atoms with Crippen molar-refractivity contribution in [2.45, 2.75) is 122 Å². The Kier molecular flexibility index (Phi) is 20.9. The van der Waals surface area contributed by atoms with E-state index in [1.807, 2.05) is 12.4 Å². The molecule has 0 aliphatic rings. The van der Waals surface area contributed by atoms with Crippen LogP contribution in [0.15, 0.2) is 12.2 Å². The molecule has 0 heterocycles. The van der Waals surface area contributed by atoms with Crippen molar-refractivity contribution in [3.63, 3.8) is 0 Å². The number of carbonyl (C=O) groups excluding carboxylic acids is 1. The third kappa shape index (κ3) is 21.4. The van der Waals surface area contributed by atoms with E-state index in [4.69, 9.17) is 0 Å². The lowest BCUT2D eigenvalue weighted by atomic mass is 10.0. The first-order chi connectivity index (χ1) is 11.4. The van der Waals surface area contributed by atoms with Crippen LogP contribution in [0.4, 0.5) is 0 Å². The summed E-state index contributed by atoms with van der Waals surface area (Å²) in [4.78, 5) is 10.0. The molecule has 0 aromatic heterocycles. The van der Waals surface area contributed by atoms with Gasteiger partial charge in [0.2, 0.25) is 6.29 Å². The summed E-state index contributed by atoms with van der Waals surface area (Å²) in [5.74, 6) is 0. The van der Waals surface area contributed by atoms with Crippen LogP contribution < -0.4 is 0 Å². The van der Waals surface area contributed by atoms with Gasteiger partial charge in [-0.25, -0.2) is 0 Å². The summed E-state index contributed by atoms with van der Waals surface area (Å²) in [7, 11) is 0. The molecule has 0 aliphatic carbocycles. The minimum atomic E-state index is 0.457. The van der Waals surface area contributed by atoms with Crippen LogP contribution in [0.25, 0.3) is 0 Å². The fraction of sp³-hybridized carbons (Fsp3) is 0.864. The molecule has 0 rings (SSSR count). The fourth-order valence-corrected chi connectivity index (χ4v) is 3.06. The molecule has 1 heteroatoms. The Morgan fingerprint density at radius 2 is 0.957 bits per heavy atom. The highest BCUT2D eigenvalue weighted by atomic mass is 16.1. The molecule has 1 nitrogen and oxygen atoms in total. The van der Waals surface area contributed by atoms with Crippen LogP contribution in [0.3, 0.4) is 0 Å². The molecule has 0 unspecified atom stereocenters. The van der Waals surface area contributed by atoms with Crippen molar-refractivity contribution < 1.29 is 4.79 Å². The molecular formula is C22H41O. The second kappa shape index (κ2) is 21.4. The Bertz CT molecular complexity index is 244. The Morgan fingerprint density at radius 1 is 0.565 bits per heavy atom. The molecule has 0 atom stereocenters. The highest BCUT2D eigenvalue weighted by Gasteiger charge is 1.94. The number of hydrogen-bond acceptors (Lipinski definition) is 1. The normalized spacial score (nSPS) is 11.3. The summed E-state index contributed by atoms with van der Waals surface area (Å²) in [6.07, 6.45) is 30.2. The molecule has 1 radical (unpaired) electrons. The highest BCUT2D eigenvalue weighted by molar-refractivity contribution is 5.52. The van der Waals surface area contributed by atoms with Gasteiger partial charge in [-0.1, -0.05) is 115 Å². The summed E-state index contributed by atoms with van der Waals surface area (Å²) in [5, 5.41) is 0. The minimum absolute atomic E-state index is 0.457. The van der Waals surface area contributed by atoms with Crippen LogP contribution in [0.2, 0.25) is 0 Å². The van der Waals surface area contributed by atoms with E-state index in [0.29, 0.717) is 6.42 Å². The van der Waals surface area contributed by atoms with Gasteiger partial charge in [0.25, 0.3) is 0 Å². The average molecular weight is 322 g/mol. The van der Waals surface area contributed by atoms with Crippen molar-refractivity contribution in [1.82, 2.24) is 0 Å². The van der Waals surface area contributed by atoms with E-state index >= 15 is 0 Å². The van der Waals surface area contributed by atoms with Crippen molar-refractivity contribution in [3.05, 3.63) is 12.2 Å². The third-order valence-corrected chi connectivity index (χ3v) is 4.59. The lowest BCUT2D eigenvalue weighted by molar-refractivity contribution is 0.530. The van der Waals surface area contributed by atoms with E-state index in [-0.39, 0.29) is 0 Å². The van der Waals surface area contributed by atoms with Gasteiger partial charge in [0, 0.05) is 6.42 Å². The van der Waals surface area contributed by atoms with Gasteiger partial charge in [-0.3, -0.25) is 4.79 Å². The zero-order valence-electron chi connectivity index (χ0n) is 15.8. The largest absolute Gasteiger partial charge is 0.291 e. The number of rotatable bonds is 19. The topological polar surface area (TPSA) is 17.1 Å². The fourth-order valence-electron chi connectivity index (χ4n) is 3.06. The van der Waals surface area contributed by atoms with E-state index in [2.05, 4.69) is 13.0 Å². The molecular weight excluding hydrogens is 280 g/mol. The molecule has 0 aromatic rings. The maximum atomic E-state index is 10.0. The minimum Gasteiger partial charge on any atom is -0.291 e. The zero-order valence-corrected chi connectivity index (χ0v) is 15.8. The van der Waals surface area contributed by atoms with Gasteiger partial charge in [0.1, 0.15) is 0 Å². The van der Waals surface area contributed by atoms with Crippen molar-refractivity contribution in [1.29, 1.82) is 0 Å². The van der Waals surface area contributed by atoms with Crippen LogP contribution in [-0.2, 0) is 4.79 Å². The monoisotopic (exact) mass is 321 g/mol. The molecule has 0 saturated carbocycles. The molecule has 135 valence electrons. The molecule has 0 N–H and O–H groups in total. The molecule has 0 fully saturated rings. The lowest BCUT2D eigenvalue weighted by Crippen LogP contribution is -1.83. The summed E-state index contributed by atoms with van der Waals surface area (Å²) >= 11 is 0. The smallest absolute Gasteiger partial charge is 0.202 e. The predicted molar refractivity (Wildman–Crippen MR) is 104 cm³/mol. The Balaban J connectivity index is 2.98. The average Bonchev–Trinajstić information content (AvgIpc) is 2.57. The first-order valence-electron chi connectivity index (χ1n) is 10.4. The second-order valence-electron chi connectivity index (χ2n) is 6.91. The van der Waals surface area contributed by atoms with Gasteiger partial charge in [-0.2, -0.15) is 0 Å². The van der Waals surface area contributed by atoms with E-state index in [0.717, 1.165) is 6.42 Å². The maximum Gasteiger partial charge on any atom is 0.202 e. The quantitative estimate of drug-likeness (QED) is 0.176. The zero-order chi connectivity index (χ0) is 16.8. The van der Waals surface area contributed by atoms with Gasteiger partial charge >= 0.3 is 0 Å². The summed E-state index contributed by atoms with van der Waals surface area (Å²) in [6.45, 7) is 2.29. The van der Waals surface area contributed by atoms with Gasteiger partial charge in [0.15, 0.2) is 0 Å². The molecule has 0 bridgehead atoms. The third-order valence-electron chi connectivity index (χ3n) is 4.59. The maximum absolute atomic E-state index is 10.0. The number of allylic oxidation sites excluding steroid dienone is 2. The molecule has 0 spiro atoms. The molecule has 23 heavy (non-hydrogen) atoms. The van der Waals surface area contributed by atoms with Crippen LogP contribution >= 0.6 is 0 Å². The summed E-state index contributed by atoms with van der Waals surface area (Å²) in [6, 6.07) is 0. The van der Waals surface area contributed by atoms with Crippen LogP contribution in [0, 0.1) is 0 Å². The molecule has 0 amide bonds. The van der Waals surface area contributed by atoms with Gasteiger partial charge in [-0.15, -0.1) is 0 Å². The first kappa shape index (κ1) is 22.4. The first-order valence-corrected chi connectivity index (χ1v) is 10.4. The second-order valence-corrected chi connectivity index (χ2v) is 6.91. The van der Waals surface area contributed by atoms with Crippen LogP contribution in [-0.4, -0.2) is 6.29 Å². The van der Waals surface area contributed by atoms with Crippen molar-refractivity contribution in [2.75, 3.05) is 0 Å². The SMILES string of the molecule is CCCCCCCCCCCCCCCCCC/C=C/C[C]=O. The van der Waals surface area contributed by atoms with Crippen LogP contribution in [0.5, 0.6) is 0 Å². The van der Waals surface area contributed by atoms with Crippen molar-refractivity contribution in [3.8, 4) is 0 Å². The molecule has 0 aromatic carbocycles. The summed E-state index contributed by atoms with van der Waals surface area (Å²) in [5.41, 5.74) is 0. The Hall–Kier alpha value is -0.590. The van der Waals surface area contributed by atoms with Gasteiger partial charge < -0.3 is 0 Å². The van der Waals surface area contributed by atoms with Crippen molar-refractivity contribution >= 4 is 6.29 Å². The van der Waals surface area contributed by atoms with Gasteiger partial charge in [0.05, 0.1) is 0 Å². The predicted octanol–water partition coefficient (Wildman–Crippen LogP) is 7.69. The van der Waals surface area contributed by atoms with E-state index in [1.165, 1.54) is 103 Å². The number of hydrogen-bond donors (Lipinski definition) is 0. The highest BCUT2D eigenvalue weighted by Crippen LogP contribution is 2.14. The number of unbranched alkanes of at least 4 members (excludes halogenated alkanes) is 16.